The molecule has 0 aliphatic heterocycles. The topological polar surface area (TPSA) is 50.1 Å². The van der Waals surface area contributed by atoms with Gasteiger partial charge in [-0.15, -0.1) is 0 Å². The van der Waals surface area contributed by atoms with Crippen LogP contribution in [0.1, 0.15) is 62.0 Å². The number of phenolic OH excluding ortho intramolecular Hbond substituents is 1. The fourth-order valence-electron chi connectivity index (χ4n) is 3.06. The highest BCUT2D eigenvalue weighted by Crippen LogP contribution is 2.37. The Morgan fingerprint density at radius 3 is 2.86 bits per heavy atom. The summed E-state index contributed by atoms with van der Waals surface area (Å²) in [5.74, 6) is 0.428. The van der Waals surface area contributed by atoms with Crippen LogP contribution in [0.4, 0.5) is 0 Å². The van der Waals surface area contributed by atoms with Crippen molar-refractivity contribution < 1.29 is 5.11 Å². The predicted molar refractivity (Wildman–Crippen MR) is 83.3 cm³/mol. The first-order valence-electron chi connectivity index (χ1n) is 7.67. The standard InChI is InChI=1S/C17H23N3O/c1-11(2)20-10-13(9-18-20)12(3)19-16-8-7-15-14(16)5-4-6-17(15)21/h4-6,9-12,16,19,21H,7-8H2,1-3H3/t12-,16-/m0/s1. The molecule has 1 heterocycles. The Labute approximate surface area is 125 Å². The Morgan fingerprint density at radius 2 is 2.14 bits per heavy atom. The third kappa shape index (κ3) is 2.68. The molecule has 4 nitrogen and oxygen atoms in total. The van der Waals surface area contributed by atoms with Crippen molar-refractivity contribution in [2.45, 2.75) is 51.7 Å². The molecule has 21 heavy (non-hydrogen) atoms. The minimum atomic E-state index is 0.246. The molecule has 1 aromatic heterocycles. The molecule has 1 aliphatic carbocycles. The summed E-state index contributed by atoms with van der Waals surface area (Å²) in [7, 11) is 0. The summed E-state index contributed by atoms with van der Waals surface area (Å²) in [6.45, 7) is 6.43. The van der Waals surface area contributed by atoms with Gasteiger partial charge in [-0.3, -0.25) is 4.68 Å². The quantitative estimate of drug-likeness (QED) is 0.904. The molecule has 0 amide bonds. The van der Waals surface area contributed by atoms with E-state index in [1.54, 1.807) is 6.07 Å². The van der Waals surface area contributed by atoms with Gasteiger partial charge in [0.15, 0.2) is 0 Å². The minimum absolute atomic E-state index is 0.246. The normalized spacial score (nSPS) is 19.0. The van der Waals surface area contributed by atoms with E-state index in [4.69, 9.17) is 0 Å². The number of fused-ring (bicyclic) bond motifs is 1. The molecule has 0 saturated carbocycles. The van der Waals surface area contributed by atoms with Gasteiger partial charge in [0, 0.05) is 29.9 Å². The van der Waals surface area contributed by atoms with Crippen LogP contribution in [0.2, 0.25) is 0 Å². The average molecular weight is 285 g/mol. The predicted octanol–water partition coefficient (Wildman–Crippen LogP) is 3.51. The molecule has 0 saturated heterocycles. The van der Waals surface area contributed by atoms with E-state index in [2.05, 4.69) is 43.4 Å². The second-order valence-electron chi connectivity index (χ2n) is 6.17. The maximum Gasteiger partial charge on any atom is 0.119 e. The molecule has 3 rings (SSSR count). The molecular formula is C17H23N3O. The molecule has 0 radical (unpaired) electrons. The number of aromatic nitrogens is 2. The van der Waals surface area contributed by atoms with Crippen LogP contribution in [-0.4, -0.2) is 14.9 Å². The SMILES string of the molecule is CC(C)n1cc([C@H](C)N[C@H]2CCc3c(O)cccc32)cn1. The van der Waals surface area contributed by atoms with E-state index in [1.807, 2.05) is 16.9 Å². The fraction of sp³-hybridized carbons (Fsp3) is 0.471. The second kappa shape index (κ2) is 5.53. The van der Waals surface area contributed by atoms with Crippen molar-refractivity contribution in [2.75, 3.05) is 0 Å². The summed E-state index contributed by atoms with van der Waals surface area (Å²) in [6, 6.07) is 6.76. The molecule has 0 unspecified atom stereocenters. The van der Waals surface area contributed by atoms with Gasteiger partial charge in [0.05, 0.1) is 6.20 Å². The van der Waals surface area contributed by atoms with Gasteiger partial charge in [-0.25, -0.2) is 0 Å². The maximum atomic E-state index is 9.92. The van der Waals surface area contributed by atoms with Gasteiger partial charge < -0.3 is 10.4 Å². The largest absolute Gasteiger partial charge is 0.508 e. The number of aromatic hydroxyl groups is 1. The first-order valence-corrected chi connectivity index (χ1v) is 7.67. The second-order valence-corrected chi connectivity index (χ2v) is 6.17. The lowest BCUT2D eigenvalue weighted by Crippen LogP contribution is -2.22. The lowest BCUT2D eigenvalue weighted by atomic mass is 10.1. The van der Waals surface area contributed by atoms with Crippen molar-refractivity contribution in [3.8, 4) is 5.75 Å². The van der Waals surface area contributed by atoms with Crippen LogP contribution in [-0.2, 0) is 6.42 Å². The van der Waals surface area contributed by atoms with E-state index < -0.39 is 0 Å². The molecule has 1 aliphatic rings. The zero-order valence-corrected chi connectivity index (χ0v) is 12.9. The van der Waals surface area contributed by atoms with Gasteiger partial charge in [-0.1, -0.05) is 12.1 Å². The third-order valence-electron chi connectivity index (χ3n) is 4.35. The zero-order chi connectivity index (χ0) is 15.0. The van der Waals surface area contributed by atoms with Crippen LogP contribution in [0.15, 0.2) is 30.6 Å². The molecule has 2 aromatic rings. The summed E-state index contributed by atoms with van der Waals surface area (Å²) < 4.78 is 1.99. The molecule has 0 fully saturated rings. The van der Waals surface area contributed by atoms with Gasteiger partial charge in [0.2, 0.25) is 0 Å². The molecule has 0 bridgehead atoms. The van der Waals surface area contributed by atoms with Crippen LogP contribution in [0.5, 0.6) is 5.75 Å². The maximum absolute atomic E-state index is 9.92. The third-order valence-corrected chi connectivity index (χ3v) is 4.35. The van der Waals surface area contributed by atoms with E-state index in [1.165, 1.54) is 11.1 Å². The number of hydrogen-bond acceptors (Lipinski definition) is 3. The fourth-order valence-corrected chi connectivity index (χ4v) is 3.06. The van der Waals surface area contributed by atoms with Crippen LogP contribution in [0.25, 0.3) is 0 Å². The summed E-state index contributed by atoms with van der Waals surface area (Å²) in [5.41, 5.74) is 3.54. The summed E-state index contributed by atoms with van der Waals surface area (Å²) in [6.07, 6.45) is 6.03. The Morgan fingerprint density at radius 1 is 1.33 bits per heavy atom. The van der Waals surface area contributed by atoms with Crippen LogP contribution >= 0.6 is 0 Å². The van der Waals surface area contributed by atoms with E-state index in [0.29, 0.717) is 17.8 Å². The van der Waals surface area contributed by atoms with Crippen LogP contribution in [0, 0.1) is 0 Å². The van der Waals surface area contributed by atoms with E-state index in [9.17, 15) is 5.11 Å². The summed E-state index contributed by atoms with van der Waals surface area (Å²) >= 11 is 0. The van der Waals surface area contributed by atoms with Gasteiger partial charge in [-0.05, 0) is 50.8 Å². The highest BCUT2D eigenvalue weighted by molar-refractivity contribution is 5.44. The number of rotatable bonds is 4. The lowest BCUT2D eigenvalue weighted by Gasteiger charge is -2.19. The number of nitrogens with zero attached hydrogens (tertiary/aromatic N) is 2. The summed E-state index contributed by atoms with van der Waals surface area (Å²) in [4.78, 5) is 0. The first-order chi connectivity index (χ1) is 10.1. The monoisotopic (exact) mass is 285 g/mol. The lowest BCUT2D eigenvalue weighted by molar-refractivity contribution is 0.463. The average Bonchev–Trinajstić information content (AvgIpc) is 3.07. The Hall–Kier alpha value is -1.81. The Bertz CT molecular complexity index is 633. The molecule has 112 valence electrons. The Balaban J connectivity index is 1.74. The van der Waals surface area contributed by atoms with Crippen molar-refractivity contribution in [2.24, 2.45) is 0 Å². The number of benzene rings is 1. The molecule has 2 N–H and O–H groups in total. The van der Waals surface area contributed by atoms with Crippen molar-refractivity contribution in [3.63, 3.8) is 0 Å². The summed E-state index contributed by atoms with van der Waals surface area (Å²) in [5, 5.41) is 18.0. The number of hydrogen-bond donors (Lipinski definition) is 2. The van der Waals surface area contributed by atoms with Crippen LogP contribution < -0.4 is 5.32 Å². The minimum Gasteiger partial charge on any atom is -0.508 e. The van der Waals surface area contributed by atoms with Crippen molar-refractivity contribution in [3.05, 3.63) is 47.3 Å². The molecule has 4 heteroatoms. The van der Waals surface area contributed by atoms with Crippen molar-refractivity contribution in [1.82, 2.24) is 15.1 Å². The molecular weight excluding hydrogens is 262 g/mol. The van der Waals surface area contributed by atoms with Gasteiger partial charge >= 0.3 is 0 Å². The molecule has 2 atom stereocenters. The van der Waals surface area contributed by atoms with E-state index in [0.717, 1.165) is 18.4 Å². The van der Waals surface area contributed by atoms with Crippen molar-refractivity contribution in [1.29, 1.82) is 0 Å². The van der Waals surface area contributed by atoms with Crippen LogP contribution in [0.3, 0.4) is 0 Å². The zero-order valence-electron chi connectivity index (χ0n) is 12.9. The first kappa shape index (κ1) is 14.1. The number of phenols is 1. The van der Waals surface area contributed by atoms with Gasteiger partial charge in [0.25, 0.3) is 0 Å². The van der Waals surface area contributed by atoms with E-state index >= 15 is 0 Å². The highest BCUT2D eigenvalue weighted by Gasteiger charge is 2.26. The number of nitrogens with one attached hydrogen (secondary N) is 1. The molecule has 1 aromatic carbocycles. The van der Waals surface area contributed by atoms with Gasteiger partial charge in [0.1, 0.15) is 5.75 Å². The highest BCUT2D eigenvalue weighted by atomic mass is 16.3. The Kier molecular flexibility index (Phi) is 3.72. The van der Waals surface area contributed by atoms with E-state index in [-0.39, 0.29) is 6.04 Å². The molecule has 0 spiro atoms. The smallest absolute Gasteiger partial charge is 0.119 e. The van der Waals surface area contributed by atoms with Gasteiger partial charge in [-0.2, -0.15) is 5.10 Å². The van der Waals surface area contributed by atoms with Crippen molar-refractivity contribution >= 4 is 0 Å².